The molecule has 1 rings (SSSR count). The number of rotatable bonds is 4. The minimum absolute atomic E-state index is 0.0854. The Kier molecular flexibility index (Phi) is 4.42. The van der Waals surface area contributed by atoms with Crippen molar-refractivity contribution in [1.82, 2.24) is 5.32 Å². The molecule has 0 bridgehead atoms. The average molecular weight is 269 g/mol. The van der Waals surface area contributed by atoms with Crippen LogP contribution in [0.1, 0.15) is 20.8 Å². The van der Waals surface area contributed by atoms with Crippen molar-refractivity contribution in [3.63, 3.8) is 0 Å². The molecular formula is C12H16FN3O3. The topological polar surface area (TPSA) is 84.3 Å². The normalized spacial score (nSPS) is 10.9. The largest absolute Gasteiger partial charge is 0.376 e. The molecule has 0 radical (unpaired) electrons. The van der Waals surface area contributed by atoms with Crippen LogP contribution >= 0.6 is 0 Å². The van der Waals surface area contributed by atoms with Gasteiger partial charge in [0.1, 0.15) is 5.82 Å². The van der Waals surface area contributed by atoms with Crippen molar-refractivity contribution in [1.29, 1.82) is 0 Å². The van der Waals surface area contributed by atoms with Gasteiger partial charge in [-0.1, -0.05) is 0 Å². The Morgan fingerprint density at radius 2 is 2.00 bits per heavy atom. The molecule has 7 heteroatoms. The highest BCUT2D eigenvalue weighted by atomic mass is 19.1. The lowest BCUT2D eigenvalue weighted by Gasteiger charge is -2.20. The molecule has 104 valence electrons. The van der Waals surface area contributed by atoms with E-state index in [1.54, 1.807) is 0 Å². The van der Waals surface area contributed by atoms with E-state index in [0.29, 0.717) is 0 Å². The molecule has 6 nitrogen and oxygen atoms in total. The second-order valence-corrected chi connectivity index (χ2v) is 5.11. The first kappa shape index (κ1) is 14.9. The number of carbonyl (C=O) groups excluding carboxylic acids is 1. The van der Waals surface area contributed by atoms with Gasteiger partial charge >= 0.3 is 0 Å². The Morgan fingerprint density at radius 1 is 1.37 bits per heavy atom. The number of anilines is 1. The number of halogens is 1. The summed E-state index contributed by atoms with van der Waals surface area (Å²) in [5, 5.41) is 15.9. The maximum atomic E-state index is 13.1. The molecule has 19 heavy (non-hydrogen) atoms. The zero-order valence-electron chi connectivity index (χ0n) is 11.0. The predicted octanol–water partition coefficient (Wildman–Crippen LogP) is 2.06. The van der Waals surface area contributed by atoms with Gasteiger partial charge in [-0.3, -0.25) is 14.9 Å². The summed E-state index contributed by atoms with van der Waals surface area (Å²) in [5.74, 6) is -1.01. The van der Waals surface area contributed by atoms with E-state index in [4.69, 9.17) is 0 Å². The lowest BCUT2D eigenvalue weighted by atomic mass is 10.1. The van der Waals surface area contributed by atoms with Crippen molar-refractivity contribution >= 4 is 17.3 Å². The Labute approximate surface area is 110 Å². The van der Waals surface area contributed by atoms with E-state index in [0.717, 1.165) is 12.1 Å². The third-order valence-corrected chi connectivity index (χ3v) is 2.06. The SMILES string of the molecule is CC(C)(C)NC(=O)CNc1cc(F)cc([N+](=O)[O-])c1. The van der Waals surface area contributed by atoms with Gasteiger partial charge in [0.2, 0.25) is 5.91 Å². The van der Waals surface area contributed by atoms with Crippen LogP contribution in [0.25, 0.3) is 0 Å². The molecule has 0 unspecified atom stereocenters. The van der Waals surface area contributed by atoms with E-state index in [-0.39, 0.29) is 29.4 Å². The van der Waals surface area contributed by atoms with Crippen molar-refractivity contribution < 1.29 is 14.1 Å². The monoisotopic (exact) mass is 269 g/mol. The van der Waals surface area contributed by atoms with Crippen LogP contribution in [0.5, 0.6) is 0 Å². The molecule has 0 saturated heterocycles. The van der Waals surface area contributed by atoms with Gasteiger partial charge in [-0.05, 0) is 26.8 Å². The Hall–Kier alpha value is -2.18. The summed E-state index contributed by atoms with van der Waals surface area (Å²) < 4.78 is 13.1. The molecule has 0 spiro atoms. The number of nitro groups is 1. The fourth-order valence-corrected chi connectivity index (χ4v) is 1.43. The molecular weight excluding hydrogens is 253 g/mol. The summed E-state index contributed by atoms with van der Waals surface area (Å²) in [6, 6.07) is 3.09. The number of benzene rings is 1. The molecule has 1 aromatic carbocycles. The molecule has 2 N–H and O–H groups in total. The number of amides is 1. The zero-order valence-corrected chi connectivity index (χ0v) is 11.0. The number of nitro benzene ring substituents is 1. The highest BCUT2D eigenvalue weighted by Gasteiger charge is 2.14. The smallest absolute Gasteiger partial charge is 0.274 e. The summed E-state index contributed by atoms with van der Waals surface area (Å²) in [6.45, 7) is 5.41. The van der Waals surface area contributed by atoms with E-state index >= 15 is 0 Å². The van der Waals surface area contributed by atoms with E-state index < -0.39 is 10.7 Å². The second kappa shape index (κ2) is 5.64. The van der Waals surface area contributed by atoms with Crippen LogP contribution in [-0.2, 0) is 4.79 Å². The van der Waals surface area contributed by atoms with Gasteiger partial charge in [-0.15, -0.1) is 0 Å². The van der Waals surface area contributed by atoms with Crippen molar-refractivity contribution in [2.45, 2.75) is 26.3 Å². The fourth-order valence-electron chi connectivity index (χ4n) is 1.43. The van der Waals surface area contributed by atoms with Crippen molar-refractivity contribution in [3.05, 3.63) is 34.1 Å². The number of hydrogen-bond acceptors (Lipinski definition) is 4. The van der Waals surface area contributed by atoms with Crippen LogP contribution < -0.4 is 10.6 Å². The molecule has 0 heterocycles. The minimum atomic E-state index is -0.729. The molecule has 0 aliphatic heterocycles. The van der Waals surface area contributed by atoms with E-state index in [2.05, 4.69) is 10.6 Å². The Morgan fingerprint density at radius 3 is 2.53 bits per heavy atom. The lowest BCUT2D eigenvalue weighted by molar-refractivity contribution is -0.385. The van der Waals surface area contributed by atoms with Gasteiger partial charge in [0.15, 0.2) is 0 Å². The predicted molar refractivity (Wildman–Crippen MR) is 69.4 cm³/mol. The van der Waals surface area contributed by atoms with Crippen molar-refractivity contribution in [2.24, 2.45) is 0 Å². The van der Waals surface area contributed by atoms with Gasteiger partial charge in [0.05, 0.1) is 17.5 Å². The molecule has 0 atom stereocenters. The molecule has 0 aliphatic carbocycles. The first-order chi connectivity index (χ1) is 8.67. The van der Waals surface area contributed by atoms with Crippen LogP contribution in [0.15, 0.2) is 18.2 Å². The molecule has 0 fully saturated rings. The van der Waals surface area contributed by atoms with Gasteiger partial charge in [-0.25, -0.2) is 4.39 Å². The van der Waals surface area contributed by atoms with Crippen molar-refractivity contribution in [2.75, 3.05) is 11.9 Å². The van der Waals surface area contributed by atoms with E-state index in [9.17, 15) is 19.3 Å². The number of carbonyl (C=O) groups is 1. The van der Waals surface area contributed by atoms with E-state index in [1.165, 1.54) is 6.07 Å². The second-order valence-electron chi connectivity index (χ2n) is 5.11. The highest BCUT2D eigenvalue weighted by molar-refractivity contribution is 5.81. The standard InChI is InChI=1S/C12H16FN3O3/c1-12(2,3)15-11(17)7-14-9-4-8(13)5-10(6-9)16(18)19/h4-6,14H,7H2,1-3H3,(H,15,17). The number of non-ortho nitro benzene ring substituents is 1. The summed E-state index contributed by atoms with van der Waals surface area (Å²) in [5.41, 5.74) is -0.540. The average Bonchev–Trinajstić information content (AvgIpc) is 2.23. The minimum Gasteiger partial charge on any atom is -0.376 e. The van der Waals surface area contributed by atoms with Crippen molar-refractivity contribution in [3.8, 4) is 0 Å². The van der Waals surface area contributed by atoms with Crippen LogP contribution in [-0.4, -0.2) is 22.9 Å². The summed E-state index contributed by atoms with van der Waals surface area (Å²) >= 11 is 0. The van der Waals surface area contributed by atoms with Crippen LogP contribution in [0.4, 0.5) is 15.8 Å². The molecule has 1 amide bonds. The summed E-state index contributed by atoms with van der Waals surface area (Å²) in [4.78, 5) is 21.4. The quantitative estimate of drug-likeness (QED) is 0.647. The summed E-state index contributed by atoms with van der Waals surface area (Å²) in [6.07, 6.45) is 0. The zero-order chi connectivity index (χ0) is 14.6. The summed E-state index contributed by atoms with van der Waals surface area (Å²) in [7, 11) is 0. The van der Waals surface area contributed by atoms with Crippen LogP contribution in [0.3, 0.4) is 0 Å². The Balaban J connectivity index is 2.68. The molecule has 1 aromatic rings. The number of nitrogens with one attached hydrogen (secondary N) is 2. The number of nitrogens with zero attached hydrogens (tertiary/aromatic N) is 1. The Bertz CT molecular complexity index is 497. The maximum absolute atomic E-state index is 13.1. The lowest BCUT2D eigenvalue weighted by Crippen LogP contribution is -2.43. The van der Waals surface area contributed by atoms with Gasteiger partial charge in [0, 0.05) is 17.3 Å². The highest BCUT2D eigenvalue weighted by Crippen LogP contribution is 2.19. The van der Waals surface area contributed by atoms with Gasteiger partial charge in [-0.2, -0.15) is 0 Å². The molecule has 0 aliphatic rings. The van der Waals surface area contributed by atoms with Crippen LogP contribution in [0, 0.1) is 15.9 Å². The number of hydrogen-bond donors (Lipinski definition) is 2. The molecule has 0 saturated carbocycles. The maximum Gasteiger partial charge on any atom is 0.274 e. The first-order valence-electron chi connectivity index (χ1n) is 5.67. The van der Waals surface area contributed by atoms with E-state index in [1.807, 2.05) is 20.8 Å². The van der Waals surface area contributed by atoms with Gasteiger partial charge < -0.3 is 10.6 Å². The van der Waals surface area contributed by atoms with Gasteiger partial charge in [0.25, 0.3) is 5.69 Å². The third-order valence-electron chi connectivity index (χ3n) is 2.06. The van der Waals surface area contributed by atoms with Crippen LogP contribution in [0.2, 0.25) is 0 Å². The first-order valence-corrected chi connectivity index (χ1v) is 5.67. The third kappa shape index (κ3) is 5.33. The fraction of sp³-hybridized carbons (Fsp3) is 0.417. The molecule has 0 aromatic heterocycles.